The van der Waals surface area contributed by atoms with Crippen LogP contribution in [0.2, 0.25) is 0 Å². The SMILES string of the molecule is COc1ccccc1C(=O)Oc1cc2c3c(c1)C1(C(=O)N3C(C)(C)C=C2C)C(C#N)=C(N)N2C(=C1C#N)Nc1ccccc12. The number of nitriles is 2. The molecule has 3 aromatic carbocycles. The van der Waals surface area contributed by atoms with Crippen molar-refractivity contribution in [1.29, 1.82) is 10.5 Å². The molecule has 0 saturated heterocycles. The summed E-state index contributed by atoms with van der Waals surface area (Å²) >= 11 is 0. The van der Waals surface area contributed by atoms with Crippen molar-refractivity contribution in [2.45, 2.75) is 31.7 Å². The summed E-state index contributed by atoms with van der Waals surface area (Å²) in [7, 11) is 1.46. The Bertz CT molecular complexity index is 2040. The standard InChI is InChI=1S/C34H26N6O4/c1-18-15-33(2,3)40-28-21(18)13-19(44-31(41)20-9-5-8-12-27(20)43-4)14-22(28)34(32(40)42)23(16-35)29(37)39-26-11-7-6-10-25(26)38-30(39)24(34)17-36/h5-15,38H,37H2,1-4H3. The number of carbonyl (C=O) groups excluding carboxylic acids is 2. The van der Waals surface area contributed by atoms with Crippen LogP contribution in [-0.2, 0) is 10.2 Å². The first-order valence-corrected chi connectivity index (χ1v) is 13.9. The lowest BCUT2D eigenvalue weighted by atomic mass is 9.68. The zero-order valence-electron chi connectivity index (χ0n) is 24.4. The number of para-hydroxylation sites is 3. The van der Waals surface area contributed by atoms with E-state index in [1.807, 2.05) is 51.1 Å². The van der Waals surface area contributed by atoms with Gasteiger partial charge in [0.15, 0.2) is 5.41 Å². The number of hydrogen-bond acceptors (Lipinski definition) is 9. The third-order valence-electron chi connectivity index (χ3n) is 8.67. The van der Waals surface area contributed by atoms with E-state index < -0.39 is 22.8 Å². The lowest BCUT2D eigenvalue weighted by Crippen LogP contribution is -2.54. The molecule has 216 valence electrons. The number of amides is 1. The summed E-state index contributed by atoms with van der Waals surface area (Å²) in [6.45, 7) is 5.70. The van der Waals surface area contributed by atoms with Crippen LogP contribution in [0, 0.1) is 22.7 Å². The normalized spacial score (nSPS) is 20.3. The van der Waals surface area contributed by atoms with Crippen LogP contribution >= 0.6 is 0 Å². The number of anilines is 3. The fourth-order valence-electron chi connectivity index (χ4n) is 6.95. The first kappa shape index (κ1) is 26.9. The molecular formula is C34H26N6O4. The van der Waals surface area contributed by atoms with Crippen LogP contribution in [0.15, 0.2) is 89.5 Å². The summed E-state index contributed by atoms with van der Waals surface area (Å²) in [5, 5.41) is 24.8. The topological polar surface area (TPSA) is 145 Å². The van der Waals surface area contributed by atoms with Gasteiger partial charge in [0.2, 0.25) is 5.91 Å². The van der Waals surface area contributed by atoms with Gasteiger partial charge in [-0.05, 0) is 62.7 Å². The molecule has 0 radical (unpaired) electrons. The van der Waals surface area contributed by atoms with Crippen LogP contribution in [0.4, 0.5) is 17.1 Å². The van der Waals surface area contributed by atoms with Gasteiger partial charge < -0.3 is 25.4 Å². The second-order valence-electron chi connectivity index (χ2n) is 11.5. The maximum atomic E-state index is 15.0. The number of nitrogens with two attached hydrogens (primary N) is 1. The van der Waals surface area contributed by atoms with Gasteiger partial charge in [0.25, 0.3) is 0 Å². The molecule has 10 heteroatoms. The van der Waals surface area contributed by atoms with E-state index in [1.165, 1.54) is 7.11 Å². The summed E-state index contributed by atoms with van der Waals surface area (Å²) in [5.41, 5.74) is 7.88. The quantitative estimate of drug-likeness (QED) is 0.319. The molecule has 1 spiro atoms. The molecule has 0 aromatic heterocycles. The average Bonchev–Trinajstić information content (AvgIpc) is 3.51. The van der Waals surface area contributed by atoms with Gasteiger partial charge in [-0.2, -0.15) is 10.5 Å². The molecule has 4 aliphatic heterocycles. The van der Waals surface area contributed by atoms with E-state index >= 15 is 0 Å². The number of hydrogen-bond donors (Lipinski definition) is 2. The third-order valence-corrected chi connectivity index (χ3v) is 8.67. The molecule has 0 bridgehead atoms. The summed E-state index contributed by atoms with van der Waals surface area (Å²) in [5.74, 6) is -0.351. The van der Waals surface area contributed by atoms with Crippen molar-refractivity contribution in [3.63, 3.8) is 0 Å². The Labute approximate surface area is 253 Å². The fourth-order valence-corrected chi connectivity index (χ4v) is 6.95. The Hall–Kier alpha value is -6.00. The van der Waals surface area contributed by atoms with Crippen LogP contribution in [-0.4, -0.2) is 24.5 Å². The molecule has 0 fully saturated rings. The van der Waals surface area contributed by atoms with Gasteiger partial charge in [-0.1, -0.05) is 30.3 Å². The van der Waals surface area contributed by atoms with Gasteiger partial charge in [-0.25, -0.2) is 4.79 Å². The molecule has 10 nitrogen and oxygen atoms in total. The number of ether oxygens (including phenoxy) is 2. The van der Waals surface area contributed by atoms with E-state index in [4.69, 9.17) is 15.2 Å². The Kier molecular flexibility index (Phi) is 5.50. The number of methoxy groups -OCH3 is 1. The van der Waals surface area contributed by atoms with Crippen LogP contribution in [0.3, 0.4) is 0 Å². The molecule has 7 rings (SSSR count). The van der Waals surface area contributed by atoms with Crippen molar-refractivity contribution < 1.29 is 19.1 Å². The molecular weight excluding hydrogens is 556 g/mol. The maximum absolute atomic E-state index is 15.0. The molecule has 3 N–H and O–H groups in total. The van der Waals surface area contributed by atoms with E-state index in [0.717, 1.165) is 5.57 Å². The lowest BCUT2D eigenvalue weighted by Gasteiger charge is -2.41. The Morgan fingerprint density at radius 1 is 1.02 bits per heavy atom. The number of nitrogens with zero attached hydrogens (tertiary/aromatic N) is 4. The molecule has 1 unspecified atom stereocenters. The third kappa shape index (κ3) is 3.22. The number of nitrogens with one attached hydrogen (secondary N) is 1. The van der Waals surface area contributed by atoms with Crippen LogP contribution in [0.1, 0.15) is 42.3 Å². The minimum absolute atomic E-state index is 0.0164. The zero-order valence-corrected chi connectivity index (χ0v) is 24.4. The Morgan fingerprint density at radius 3 is 2.45 bits per heavy atom. The highest BCUT2D eigenvalue weighted by Crippen LogP contribution is 2.61. The molecule has 0 saturated carbocycles. The largest absolute Gasteiger partial charge is 0.496 e. The van der Waals surface area contributed by atoms with E-state index in [9.17, 15) is 20.1 Å². The second-order valence-corrected chi connectivity index (χ2v) is 11.5. The molecule has 3 aromatic rings. The number of allylic oxidation sites excluding steroid dienone is 1. The van der Waals surface area contributed by atoms with Gasteiger partial charge in [0, 0.05) is 11.1 Å². The summed E-state index contributed by atoms with van der Waals surface area (Å²) in [4.78, 5) is 31.6. The van der Waals surface area contributed by atoms with Gasteiger partial charge in [0.05, 0.1) is 40.9 Å². The van der Waals surface area contributed by atoms with Crippen molar-refractivity contribution in [2.24, 2.45) is 5.73 Å². The molecule has 0 aliphatic carbocycles. The highest BCUT2D eigenvalue weighted by Gasteiger charge is 2.64. The molecule has 4 heterocycles. The fraction of sp³-hybridized carbons (Fsp3) is 0.176. The zero-order chi connectivity index (χ0) is 31.1. The van der Waals surface area contributed by atoms with Gasteiger partial charge >= 0.3 is 5.97 Å². The van der Waals surface area contributed by atoms with E-state index in [-0.39, 0.29) is 28.3 Å². The van der Waals surface area contributed by atoms with Gasteiger partial charge in [-0.3, -0.25) is 9.69 Å². The first-order valence-electron chi connectivity index (χ1n) is 13.9. The van der Waals surface area contributed by atoms with Crippen molar-refractivity contribution >= 4 is 34.5 Å². The van der Waals surface area contributed by atoms with E-state index in [2.05, 4.69) is 17.5 Å². The summed E-state index contributed by atoms with van der Waals surface area (Å²) in [6.07, 6.45) is 1.94. The summed E-state index contributed by atoms with van der Waals surface area (Å²) in [6, 6.07) is 21.7. The van der Waals surface area contributed by atoms with Gasteiger partial charge in [0.1, 0.15) is 40.8 Å². The minimum atomic E-state index is -1.90. The predicted octanol–water partition coefficient (Wildman–Crippen LogP) is 5.07. The van der Waals surface area contributed by atoms with Crippen molar-refractivity contribution in [3.8, 4) is 23.6 Å². The molecule has 4 aliphatic rings. The minimum Gasteiger partial charge on any atom is -0.496 e. The molecule has 1 amide bonds. The van der Waals surface area contributed by atoms with Crippen molar-refractivity contribution in [2.75, 3.05) is 22.2 Å². The molecule has 1 atom stereocenters. The van der Waals surface area contributed by atoms with Crippen molar-refractivity contribution in [1.82, 2.24) is 0 Å². The number of esters is 1. The summed E-state index contributed by atoms with van der Waals surface area (Å²) < 4.78 is 11.3. The van der Waals surface area contributed by atoms with Crippen LogP contribution < -0.4 is 30.3 Å². The second kappa shape index (κ2) is 9.00. The first-order chi connectivity index (χ1) is 21.1. The molecule has 44 heavy (non-hydrogen) atoms. The van der Waals surface area contributed by atoms with Gasteiger partial charge in [-0.15, -0.1) is 0 Å². The van der Waals surface area contributed by atoms with E-state index in [1.54, 1.807) is 46.2 Å². The monoisotopic (exact) mass is 582 g/mol. The lowest BCUT2D eigenvalue weighted by molar-refractivity contribution is -0.121. The Morgan fingerprint density at radius 2 is 1.73 bits per heavy atom. The number of fused-ring (bicyclic) bond motifs is 4. The van der Waals surface area contributed by atoms with Crippen molar-refractivity contribution in [3.05, 3.63) is 106 Å². The van der Waals surface area contributed by atoms with E-state index in [0.29, 0.717) is 39.8 Å². The number of rotatable bonds is 3. The average molecular weight is 583 g/mol. The smallest absolute Gasteiger partial charge is 0.347 e. The number of benzene rings is 3. The Balaban J connectivity index is 1.52. The van der Waals surface area contributed by atoms with Crippen LogP contribution in [0.25, 0.3) is 5.57 Å². The highest BCUT2D eigenvalue weighted by atomic mass is 16.5. The highest BCUT2D eigenvalue weighted by molar-refractivity contribution is 6.19. The van der Waals surface area contributed by atoms with Crippen LogP contribution in [0.5, 0.6) is 11.5 Å². The maximum Gasteiger partial charge on any atom is 0.347 e. The number of carbonyl (C=O) groups is 2. The predicted molar refractivity (Wildman–Crippen MR) is 163 cm³/mol.